The molecule has 0 fully saturated rings. The largest absolute Gasteiger partial charge is 0.357 e. The molecule has 0 spiro atoms. The SMILES string of the molecule is CNC(=O)C(Cc1ccccc1)N(Cc1ccc(Cl)cc1Cl)C(=O)CCCN(c1ccc(F)c(F)c1)S(C)(=O)=O. The highest BCUT2D eigenvalue weighted by atomic mass is 35.5. The first-order valence-corrected chi connectivity index (χ1v) is 14.9. The fourth-order valence-corrected chi connectivity index (χ4v) is 5.62. The fraction of sp³-hybridized carbons (Fsp3) is 0.286. The van der Waals surface area contributed by atoms with Crippen molar-refractivity contribution in [2.45, 2.75) is 31.8 Å². The summed E-state index contributed by atoms with van der Waals surface area (Å²) in [5.41, 5.74) is 1.34. The Morgan fingerprint density at radius 2 is 1.68 bits per heavy atom. The maximum atomic E-state index is 13.8. The lowest BCUT2D eigenvalue weighted by atomic mass is 10.0. The number of halogens is 4. The van der Waals surface area contributed by atoms with Crippen LogP contribution in [0.25, 0.3) is 0 Å². The maximum Gasteiger partial charge on any atom is 0.242 e. The molecule has 7 nitrogen and oxygen atoms in total. The van der Waals surface area contributed by atoms with Crippen molar-refractivity contribution in [1.82, 2.24) is 10.2 Å². The molecule has 0 saturated heterocycles. The van der Waals surface area contributed by atoms with Crippen molar-refractivity contribution in [3.63, 3.8) is 0 Å². The highest BCUT2D eigenvalue weighted by Gasteiger charge is 2.30. The summed E-state index contributed by atoms with van der Waals surface area (Å²) in [6.45, 7) is -0.173. The van der Waals surface area contributed by atoms with Gasteiger partial charge in [0.15, 0.2) is 11.6 Å². The van der Waals surface area contributed by atoms with Crippen molar-refractivity contribution in [2.24, 2.45) is 0 Å². The molecule has 0 aromatic heterocycles. The molecule has 1 atom stereocenters. The van der Waals surface area contributed by atoms with Gasteiger partial charge in [-0.2, -0.15) is 0 Å². The minimum absolute atomic E-state index is 0.00127. The van der Waals surface area contributed by atoms with Gasteiger partial charge in [-0.05, 0) is 41.8 Å². The van der Waals surface area contributed by atoms with E-state index in [9.17, 15) is 26.8 Å². The lowest BCUT2D eigenvalue weighted by Crippen LogP contribution is -2.49. The Bertz CT molecular complexity index is 1460. The molecule has 0 saturated carbocycles. The predicted molar refractivity (Wildman–Crippen MR) is 153 cm³/mol. The molecule has 0 bridgehead atoms. The van der Waals surface area contributed by atoms with Crippen molar-refractivity contribution in [1.29, 1.82) is 0 Å². The van der Waals surface area contributed by atoms with Crippen LogP contribution < -0.4 is 9.62 Å². The molecule has 3 aromatic carbocycles. The van der Waals surface area contributed by atoms with Gasteiger partial charge in [0, 0.05) is 49.1 Å². The minimum atomic E-state index is -3.87. The Labute approximate surface area is 242 Å². The molecule has 0 aliphatic heterocycles. The van der Waals surface area contributed by atoms with Crippen LogP contribution in [0, 0.1) is 11.6 Å². The number of hydrogen-bond donors (Lipinski definition) is 1. The van der Waals surface area contributed by atoms with E-state index in [1.54, 1.807) is 18.2 Å². The van der Waals surface area contributed by atoms with Crippen molar-refractivity contribution < 1.29 is 26.8 Å². The highest BCUT2D eigenvalue weighted by molar-refractivity contribution is 7.92. The van der Waals surface area contributed by atoms with Gasteiger partial charge in [-0.3, -0.25) is 13.9 Å². The van der Waals surface area contributed by atoms with Gasteiger partial charge in [-0.1, -0.05) is 59.6 Å². The molecule has 2 amide bonds. The van der Waals surface area contributed by atoms with Crippen LogP contribution >= 0.6 is 23.2 Å². The van der Waals surface area contributed by atoms with E-state index in [4.69, 9.17) is 23.2 Å². The van der Waals surface area contributed by atoms with E-state index < -0.39 is 33.6 Å². The van der Waals surface area contributed by atoms with Gasteiger partial charge in [0.25, 0.3) is 0 Å². The van der Waals surface area contributed by atoms with Crippen LogP contribution in [0.3, 0.4) is 0 Å². The van der Waals surface area contributed by atoms with Gasteiger partial charge in [-0.15, -0.1) is 0 Å². The number of amides is 2. The number of anilines is 1. The van der Waals surface area contributed by atoms with E-state index >= 15 is 0 Å². The number of rotatable bonds is 12. The number of carbonyl (C=O) groups is 2. The van der Waals surface area contributed by atoms with Crippen molar-refractivity contribution in [2.75, 3.05) is 24.2 Å². The van der Waals surface area contributed by atoms with E-state index in [1.165, 1.54) is 11.9 Å². The summed E-state index contributed by atoms with van der Waals surface area (Å²) in [7, 11) is -2.40. The van der Waals surface area contributed by atoms with E-state index in [0.717, 1.165) is 34.3 Å². The van der Waals surface area contributed by atoms with E-state index in [1.807, 2.05) is 30.3 Å². The molecular weight excluding hydrogens is 583 g/mol. The Hall–Kier alpha value is -3.21. The van der Waals surface area contributed by atoms with Gasteiger partial charge in [-0.25, -0.2) is 17.2 Å². The molecule has 40 heavy (non-hydrogen) atoms. The fourth-order valence-electron chi connectivity index (χ4n) is 4.20. The summed E-state index contributed by atoms with van der Waals surface area (Å²) >= 11 is 12.4. The number of nitrogens with zero attached hydrogens (tertiary/aromatic N) is 2. The van der Waals surface area contributed by atoms with Crippen LogP contribution in [-0.2, 0) is 32.6 Å². The molecular formula is C28H29Cl2F2N3O4S. The third kappa shape index (κ3) is 8.39. The molecule has 12 heteroatoms. The zero-order valence-electron chi connectivity index (χ0n) is 21.9. The topological polar surface area (TPSA) is 86.8 Å². The predicted octanol–water partition coefficient (Wildman–Crippen LogP) is 5.20. The van der Waals surface area contributed by atoms with Crippen LogP contribution in [0.1, 0.15) is 24.0 Å². The average molecular weight is 613 g/mol. The average Bonchev–Trinajstić information content (AvgIpc) is 2.90. The van der Waals surface area contributed by atoms with Crippen LogP contribution in [0.15, 0.2) is 66.7 Å². The van der Waals surface area contributed by atoms with Gasteiger partial charge in [0.05, 0.1) is 11.9 Å². The molecule has 1 N–H and O–H groups in total. The first kappa shape index (κ1) is 31.3. The Morgan fingerprint density at radius 3 is 2.27 bits per heavy atom. The van der Waals surface area contributed by atoms with E-state index in [2.05, 4.69) is 5.32 Å². The van der Waals surface area contributed by atoms with Crippen LogP contribution in [-0.4, -0.2) is 51.0 Å². The third-order valence-corrected chi connectivity index (χ3v) is 8.00. The molecule has 3 rings (SSSR count). The third-order valence-electron chi connectivity index (χ3n) is 6.22. The number of nitrogens with one attached hydrogen (secondary N) is 1. The first-order valence-electron chi connectivity index (χ1n) is 12.3. The zero-order valence-corrected chi connectivity index (χ0v) is 24.2. The smallest absolute Gasteiger partial charge is 0.242 e. The second kappa shape index (κ2) is 13.9. The number of benzene rings is 3. The summed E-state index contributed by atoms with van der Waals surface area (Å²) in [4.78, 5) is 28.1. The molecule has 0 radical (unpaired) electrons. The van der Waals surface area contributed by atoms with Crippen molar-refractivity contribution in [3.05, 3.63) is 99.5 Å². The summed E-state index contributed by atoms with van der Waals surface area (Å²) < 4.78 is 53.0. The summed E-state index contributed by atoms with van der Waals surface area (Å²) in [5.74, 6) is -3.11. The van der Waals surface area contributed by atoms with E-state index in [0.29, 0.717) is 15.6 Å². The van der Waals surface area contributed by atoms with Crippen LogP contribution in [0.4, 0.5) is 14.5 Å². The van der Waals surface area contributed by atoms with Crippen molar-refractivity contribution in [3.8, 4) is 0 Å². The first-order chi connectivity index (χ1) is 18.9. The Kier molecular flexibility index (Phi) is 10.9. The Balaban J connectivity index is 1.88. The van der Waals surface area contributed by atoms with Gasteiger partial charge in [0.2, 0.25) is 21.8 Å². The summed E-state index contributed by atoms with van der Waals surface area (Å²) in [6, 6.07) is 15.9. The number of sulfonamides is 1. The normalized spacial score (nSPS) is 12.1. The van der Waals surface area contributed by atoms with Gasteiger partial charge >= 0.3 is 0 Å². The number of carbonyl (C=O) groups excluding carboxylic acids is 2. The van der Waals surface area contributed by atoms with Crippen LogP contribution in [0.5, 0.6) is 0 Å². The highest BCUT2D eigenvalue weighted by Crippen LogP contribution is 2.25. The van der Waals surface area contributed by atoms with Gasteiger partial charge < -0.3 is 10.2 Å². The molecule has 214 valence electrons. The van der Waals surface area contributed by atoms with E-state index in [-0.39, 0.29) is 43.9 Å². The molecule has 3 aromatic rings. The monoisotopic (exact) mass is 611 g/mol. The zero-order chi connectivity index (χ0) is 29.4. The van der Waals surface area contributed by atoms with Crippen molar-refractivity contribution >= 4 is 50.7 Å². The van der Waals surface area contributed by atoms with Crippen LogP contribution in [0.2, 0.25) is 10.0 Å². The maximum absolute atomic E-state index is 13.8. The van der Waals surface area contributed by atoms with Gasteiger partial charge in [0.1, 0.15) is 6.04 Å². The number of likely N-dealkylation sites (N-methyl/N-ethyl adjacent to an activating group) is 1. The molecule has 1 unspecified atom stereocenters. The second-order valence-electron chi connectivity index (χ2n) is 9.11. The summed E-state index contributed by atoms with van der Waals surface area (Å²) in [6.07, 6.45) is 1.07. The standard InChI is InChI=1S/C28H29Cl2F2N3O4S/c1-33-28(37)26(15-19-7-4-3-5-8-19)34(18-20-10-11-21(29)16-23(20)30)27(36)9-6-14-35(40(2,38)39)22-12-13-24(31)25(32)17-22/h3-5,7-8,10-13,16-17,26H,6,9,14-15,18H2,1-2H3,(H,33,37). The number of hydrogen-bond acceptors (Lipinski definition) is 4. The Morgan fingerprint density at radius 1 is 0.975 bits per heavy atom. The molecule has 0 heterocycles. The molecule has 0 aliphatic rings. The quantitative estimate of drug-likeness (QED) is 0.305. The second-order valence-corrected chi connectivity index (χ2v) is 11.9. The molecule has 0 aliphatic carbocycles. The minimum Gasteiger partial charge on any atom is -0.357 e. The summed E-state index contributed by atoms with van der Waals surface area (Å²) in [5, 5.41) is 3.35. The lowest BCUT2D eigenvalue weighted by molar-refractivity contribution is -0.141. The lowest BCUT2D eigenvalue weighted by Gasteiger charge is -2.32.